The second-order valence-electron chi connectivity index (χ2n) is 6.18. The van der Waals surface area contributed by atoms with Crippen LogP contribution in [0.5, 0.6) is 0 Å². The first-order valence-corrected chi connectivity index (χ1v) is 8.70. The zero-order valence-electron chi connectivity index (χ0n) is 14.6. The van der Waals surface area contributed by atoms with Crippen molar-refractivity contribution in [1.29, 1.82) is 0 Å². The van der Waals surface area contributed by atoms with Gasteiger partial charge < -0.3 is 4.90 Å². The molecular formula is C20H18N6O. The van der Waals surface area contributed by atoms with Crippen LogP contribution < -0.4 is 0 Å². The summed E-state index contributed by atoms with van der Waals surface area (Å²) >= 11 is 0. The van der Waals surface area contributed by atoms with Gasteiger partial charge in [-0.05, 0) is 46.7 Å². The highest BCUT2D eigenvalue weighted by Crippen LogP contribution is 2.12. The van der Waals surface area contributed by atoms with E-state index in [1.807, 2.05) is 41.3 Å². The van der Waals surface area contributed by atoms with Crippen LogP contribution in [0.1, 0.15) is 21.6 Å². The number of hydrogen-bond donors (Lipinski definition) is 0. The molecule has 7 heteroatoms. The van der Waals surface area contributed by atoms with Crippen molar-refractivity contribution < 1.29 is 4.79 Å². The van der Waals surface area contributed by atoms with Crippen molar-refractivity contribution in [2.24, 2.45) is 0 Å². The molecule has 4 aromatic rings. The predicted octanol–water partition coefficient (Wildman–Crippen LogP) is 2.40. The second kappa shape index (κ2) is 7.74. The lowest BCUT2D eigenvalue weighted by Crippen LogP contribution is -2.33. The lowest BCUT2D eigenvalue weighted by atomic mass is 10.1. The summed E-state index contributed by atoms with van der Waals surface area (Å²) < 4.78 is 1.53. The zero-order chi connectivity index (χ0) is 18.5. The Hall–Kier alpha value is -3.61. The highest BCUT2D eigenvalue weighted by molar-refractivity contribution is 5.95. The lowest BCUT2D eigenvalue weighted by molar-refractivity contribution is 0.0743. The number of rotatable bonds is 6. The summed E-state index contributed by atoms with van der Waals surface area (Å²) in [6.45, 7) is 1.04. The number of tetrazole rings is 1. The normalized spacial score (nSPS) is 10.8. The molecule has 27 heavy (non-hydrogen) atoms. The number of pyridine rings is 2. The minimum Gasteiger partial charge on any atom is -0.332 e. The number of carbonyl (C=O) groups excluding carboxylic acids is 1. The minimum absolute atomic E-state index is 0.0675. The number of hydrogen-bond acceptors (Lipinski definition) is 5. The molecule has 1 aromatic carbocycles. The van der Waals surface area contributed by atoms with Crippen LogP contribution in [0.3, 0.4) is 0 Å². The van der Waals surface area contributed by atoms with E-state index in [1.165, 1.54) is 10.1 Å². The quantitative estimate of drug-likeness (QED) is 0.529. The third-order valence-corrected chi connectivity index (χ3v) is 4.32. The molecule has 0 spiro atoms. The van der Waals surface area contributed by atoms with Crippen LogP contribution in [0.25, 0.3) is 5.65 Å². The average molecular weight is 358 g/mol. The Morgan fingerprint density at radius 3 is 2.70 bits per heavy atom. The van der Waals surface area contributed by atoms with E-state index in [0.717, 1.165) is 12.1 Å². The van der Waals surface area contributed by atoms with E-state index in [9.17, 15) is 4.79 Å². The molecule has 0 fully saturated rings. The van der Waals surface area contributed by atoms with Gasteiger partial charge in [0.1, 0.15) is 0 Å². The van der Waals surface area contributed by atoms with Crippen molar-refractivity contribution in [3.05, 3.63) is 89.9 Å². The SMILES string of the molecule is O=C(c1ccn2nnnc2c1)N(CCc1ccccc1)Cc1ccccn1. The standard InChI is InChI=1S/C20H18N6O/c27-20(17-10-13-26-19(14-17)22-23-24-26)25(15-18-8-4-5-11-21-18)12-9-16-6-2-1-3-7-16/h1-8,10-11,13-14H,9,12,15H2. The third kappa shape index (κ3) is 3.98. The van der Waals surface area contributed by atoms with E-state index in [2.05, 4.69) is 32.6 Å². The van der Waals surface area contributed by atoms with Crippen molar-refractivity contribution in [1.82, 2.24) is 29.9 Å². The van der Waals surface area contributed by atoms with Gasteiger partial charge in [-0.25, -0.2) is 4.52 Å². The fourth-order valence-corrected chi connectivity index (χ4v) is 2.90. The van der Waals surface area contributed by atoms with E-state index >= 15 is 0 Å². The topological polar surface area (TPSA) is 76.3 Å². The number of carbonyl (C=O) groups is 1. The number of amides is 1. The van der Waals surface area contributed by atoms with Gasteiger partial charge in [0.2, 0.25) is 0 Å². The van der Waals surface area contributed by atoms with Crippen LogP contribution in [0, 0.1) is 0 Å². The second-order valence-corrected chi connectivity index (χ2v) is 6.18. The molecule has 0 aliphatic rings. The molecule has 0 aliphatic heterocycles. The summed E-state index contributed by atoms with van der Waals surface area (Å²) in [7, 11) is 0. The Labute approximate surface area is 156 Å². The van der Waals surface area contributed by atoms with Crippen LogP contribution in [0.4, 0.5) is 0 Å². The molecule has 0 bridgehead atoms. The van der Waals surface area contributed by atoms with Gasteiger partial charge in [0.25, 0.3) is 5.91 Å². The van der Waals surface area contributed by atoms with Gasteiger partial charge in [-0.1, -0.05) is 36.4 Å². The van der Waals surface area contributed by atoms with Crippen LogP contribution in [0.15, 0.2) is 73.1 Å². The van der Waals surface area contributed by atoms with Crippen LogP contribution in [-0.4, -0.2) is 42.4 Å². The summed E-state index contributed by atoms with van der Waals surface area (Å²) in [5, 5.41) is 11.4. The van der Waals surface area contributed by atoms with Gasteiger partial charge in [-0.15, -0.1) is 5.10 Å². The van der Waals surface area contributed by atoms with Crippen molar-refractivity contribution in [3.8, 4) is 0 Å². The van der Waals surface area contributed by atoms with Crippen molar-refractivity contribution in [2.45, 2.75) is 13.0 Å². The van der Waals surface area contributed by atoms with Gasteiger partial charge in [0.05, 0.1) is 12.2 Å². The number of aromatic nitrogens is 5. The van der Waals surface area contributed by atoms with Gasteiger partial charge in [0.15, 0.2) is 5.65 Å². The van der Waals surface area contributed by atoms with Gasteiger partial charge in [-0.3, -0.25) is 9.78 Å². The summed E-state index contributed by atoms with van der Waals surface area (Å²) in [4.78, 5) is 19.3. The smallest absolute Gasteiger partial charge is 0.254 e. The van der Waals surface area contributed by atoms with Crippen molar-refractivity contribution in [2.75, 3.05) is 6.54 Å². The first-order valence-electron chi connectivity index (χ1n) is 8.70. The van der Waals surface area contributed by atoms with Gasteiger partial charge >= 0.3 is 0 Å². The molecule has 3 aromatic heterocycles. The van der Waals surface area contributed by atoms with Crippen molar-refractivity contribution in [3.63, 3.8) is 0 Å². The molecule has 0 unspecified atom stereocenters. The van der Waals surface area contributed by atoms with E-state index in [4.69, 9.17) is 0 Å². The summed E-state index contributed by atoms with van der Waals surface area (Å²) in [5.41, 5.74) is 3.14. The molecule has 0 N–H and O–H groups in total. The minimum atomic E-state index is -0.0675. The van der Waals surface area contributed by atoms with E-state index in [-0.39, 0.29) is 5.91 Å². The fraction of sp³-hybridized carbons (Fsp3) is 0.150. The monoisotopic (exact) mass is 358 g/mol. The molecule has 0 radical (unpaired) electrons. The molecule has 0 saturated heterocycles. The Morgan fingerprint density at radius 2 is 1.89 bits per heavy atom. The third-order valence-electron chi connectivity index (χ3n) is 4.32. The molecule has 0 atom stereocenters. The van der Waals surface area contributed by atoms with E-state index in [0.29, 0.717) is 24.3 Å². The zero-order valence-corrected chi connectivity index (χ0v) is 14.6. The van der Waals surface area contributed by atoms with E-state index in [1.54, 1.807) is 24.5 Å². The summed E-state index contributed by atoms with van der Waals surface area (Å²) in [6.07, 6.45) is 4.20. The van der Waals surface area contributed by atoms with Crippen LogP contribution >= 0.6 is 0 Å². The highest BCUT2D eigenvalue weighted by Gasteiger charge is 2.18. The summed E-state index contributed by atoms with van der Waals surface area (Å²) in [5.74, 6) is -0.0675. The number of nitrogens with zero attached hydrogens (tertiary/aromatic N) is 6. The maximum atomic E-state index is 13.2. The van der Waals surface area contributed by atoms with Gasteiger partial charge in [0, 0.05) is 24.5 Å². The molecule has 1 amide bonds. The lowest BCUT2D eigenvalue weighted by Gasteiger charge is -2.22. The Balaban J connectivity index is 1.58. The number of fused-ring (bicyclic) bond motifs is 1. The Kier molecular flexibility index (Phi) is 4.82. The molecule has 0 saturated carbocycles. The molecule has 7 nitrogen and oxygen atoms in total. The van der Waals surface area contributed by atoms with Gasteiger partial charge in [-0.2, -0.15) is 0 Å². The molecule has 134 valence electrons. The van der Waals surface area contributed by atoms with Crippen LogP contribution in [0.2, 0.25) is 0 Å². The van der Waals surface area contributed by atoms with Crippen LogP contribution in [-0.2, 0) is 13.0 Å². The largest absolute Gasteiger partial charge is 0.332 e. The first kappa shape index (κ1) is 16.8. The predicted molar refractivity (Wildman–Crippen MR) is 99.9 cm³/mol. The Morgan fingerprint density at radius 1 is 1.04 bits per heavy atom. The Bertz CT molecular complexity index is 1030. The average Bonchev–Trinajstić information content (AvgIpc) is 3.20. The maximum absolute atomic E-state index is 13.2. The first-order chi connectivity index (χ1) is 13.3. The molecule has 3 heterocycles. The number of benzene rings is 1. The molecule has 0 aliphatic carbocycles. The summed E-state index contributed by atoms with van der Waals surface area (Å²) in [6, 6.07) is 19.3. The molecule has 4 rings (SSSR count). The molecular weight excluding hydrogens is 340 g/mol. The maximum Gasteiger partial charge on any atom is 0.254 e. The van der Waals surface area contributed by atoms with E-state index < -0.39 is 0 Å². The fourth-order valence-electron chi connectivity index (χ4n) is 2.90. The highest BCUT2D eigenvalue weighted by atomic mass is 16.2. The van der Waals surface area contributed by atoms with Crippen molar-refractivity contribution >= 4 is 11.6 Å².